The third-order valence-corrected chi connectivity index (χ3v) is 4.35. The number of hydrogen-bond donors (Lipinski definition) is 2. The van der Waals surface area contributed by atoms with Crippen molar-refractivity contribution in [2.24, 2.45) is 5.73 Å². The maximum Gasteiger partial charge on any atom is 0.320 e. The number of fused-ring (bicyclic) bond motifs is 1. The summed E-state index contributed by atoms with van der Waals surface area (Å²) in [4.78, 5) is 10.8. The molecule has 0 heterocycles. The number of benzene rings is 3. The third-order valence-electron chi connectivity index (χ3n) is 4.35. The Morgan fingerprint density at radius 3 is 2.52 bits per heavy atom. The summed E-state index contributed by atoms with van der Waals surface area (Å²) in [5, 5.41) is 11.3. The van der Waals surface area contributed by atoms with Gasteiger partial charge in [-0.25, -0.2) is 0 Å². The van der Waals surface area contributed by atoms with Crippen molar-refractivity contribution in [3.8, 4) is 5.75 Å². The fourth-order valence-electron chi connectivity index (χ4n) is 2.86. The van der Waals surface area contributed by atoms with Gasteiger partial charge in [-0.3, -0.25) is 4.79 Å². The van der Waals surface area contributed by atoms with E-state index in [-0.39, 0.29) is 0 Å². The van der Waals surface area contributed by atoms with Gasteiger partial charge >= 0.3 is 5.97 Å². The van der Waals surface area contributed by atoms with Crippen LogP contribution in [0.4, 0.5) is 0 Å². The molecule has 4 heteroatoms. The van der Waals surface area contributed by atoms with E-state index in [0.717, 1.165) is 11.3 Å². The minimum Gasteiger partial charge on any atom is -0.489 e. The van der Waals surface area contributed by atoms with Crippen molar-refractivity contribution in [3.05, 3.63) is 77.4 Å². The van der Waals surface area contributed by atoms with Crippen molar-refractivity contribution in [3.63, 3.8) is 0 Å². The van der Waals surface area contributed by atoms with Gasteiger partial charge in [0.1, 0.15) is 18.4 Å². The standard InChI is InChI=1S/C21H21NO3/c1-14-6-9-16-4-2-3-5-18(16)19(14)13-25-17-10-7-15(8-11-17)12-20(22)21(23)24/h2-11,20H,12-13,22H2,1H3,(H,23,24)/t20-/m0/s1. The number of carboxylic acid groups (broad SMARTS) is 1. The number of aryl methyl sites for hydroxylation is 1. The molecule has 3 aromatic carbocycles. The Morgan fingerprint density at radius 2 is 1.80 bits per heavy atom. The van der Waals surface area contributed by atoms with Gasteiger partial charge < -0.3 is 15.6 Å². The van der Waals surface area contributed by atoms with Crippen LogP contribution in [0.1, 0.15) is 16.7 Å². The van der Waals surface area contributed by atoms with Crippen LogP contribution in [-0.4, -0.2) is 17.1 Å². The Labute approximate surface area is 146 Å². The molecular formula is C21H21NO3. The Kier molecular flexibility index (Phi) is 5.00. The van der Waals surface area contributed by atoms with Crippen LogP contribution < -0.4 is 10.5 Å². The molecule has 25 heavy (non-hydrogen) atoms. The fraction of sp³-hybridized carbons (Fsp3) is 0.190. The molecule has 3 rings (SSSR count). The van der Waals surface area contributed by atoms with E-state index in [4.69, 9.17) is 15.6 Å². The topological polar surface area (TPSA) is 72.5 Å². The SMILES string of the molecule is Cc1ccc2ccccc2c1COc1ccc(C[C@H](N)C(=O)O)cc1. The van der Waals surface area contributed by atoms with Gasteiger partial charge in [0, 0.05) is 5.56 Å². The summed E-state index contributed by atoms with van der Waals surface area (Å²) in [6.07, 6.45) is 0.304. The lowest BCUT2D eigenvalue weighted by atomic mass is 10.0. The minimum absolute atomic E-state index is 0.304. The number of aliphatic carboxylic acids is 1. The predicted octanol–water partition coefficient (Wildman–Crippen LogP) is 3.68. The Bertz CT molecular complexity index is 887. The lowest BCUT2D eigenvalue weighted by molar-refractivity contribution is -0.138. The second-order valence-electron chi connectivity index (χ2n) is 6.16. The number of hydrogen-bond acceptors (Lipinski definition) is 3. The molecule has 0 fully saturated rings. The second-order valence-corrected chi connectivity index (χ2v) is 6.16. The normalized spacial score (nSPS) is 12.1. The molecular weight excluding hydrogens is 314 g/mol. The molecule has 1 atom stereocenters. The molecule has 0 aliphatic heterocycles. The molecule has 0 bridgehead atoms. The van der Waals surface area contributed by atoms with Crippen molar-refractivity contribution in [1.82, 2.24) is 0 Å². The molecule has 0 spiro atoms. The zero-order valence-electron chi connectivity index (χ0n) is 14.1. The molecule has 3 aromatic rings. The summed E-state index contributed by atoms with van der Waals surface area (Å²) in [5.74, 6) is -0.244. The van der Waals surface area contributed by atoms with Gasteiger partial charge in [-0.05, 0) is 47.4 Å². The van der Waals surface area contributed by atoms with Gasteiger partial charge in [0.25, 0.3) is 0 Å². The third kappa shape index (κ3) is 3.98. The summed E-state index contributed by atoms with van der Waals surface area (Å²) in [5.41, 5.74) is 8.81. The quantitative estimate of drug-likeness (QED) is 0.721. The van der Waals surface area contributed by atoms with Crippen LogP contribution >= 0.6 is 0 Å². The number of rotatable bonds is 6. The highest BCUT2D eigenvalue weighted by Gasteiger charge is 2.12. The van der Waals surface area contributed by atoms with Gasteiger partial charge in [0.2, 0.25) is 0 Å². The summed E-state index contributed by atoms with van der Waals surface area (Å²) < 4.78 is 5.94. The van der Waals surface area contributed by atoms with Crippen molar-refractivity contribution in [1.29, 1.82) is 0 Å². The maximum atomic E-state index is 10.8. The van der Waals surface area contributed by atoms with E-state index in [2.05, 4.69) is 31.2 Å². The molecule has 0 unspecified atom stereocenters. The first-order valence-corrected chi connectivity index (χ1v) is 8.22. The average Bonchev–Trinajstić information content (AvgIpc) is 2.62. The van der Waals surface area contributed by atoms with Gasteiger partial charge in [0.15, 0.2) is 0 Å². The Hall–Kier alpha value is -2.85. The van der Waals surface area contributed by atoms with Crippen molar-refractivity contribution < 1.29 is 14.6 Å². The van der Waals surface area contributed by atoms with Crippen LogP contribution in [0.15, 0.2) is 60.7 Å². The molecule has 0 aliphatic carbocycles. The zero-order chi connectivity index (χ0) is 17.8. The molecule has 0 aromatic heterocycles. The van der Waals surface area contributed by atoms with Crippen LogP contribution in [0.2, 0.25) is 0 Å². The molecule has 0 saturated carbocycles. The van der Waals surface area contributed by atoms with E-state index in [1.165, 1.54) is 21.9 Å². The lowest BCUT2D eigenvalue weighted by Gasteiger charge is -2.13. The monoisotopic (exact) mass is 335 g/mol. The number of carbonyl (C=O) groups is 1. The number of nitrogens with two attached hydrogens (primary N) is 1. The van der Waals surface area contributed by atoms with Crippen LogP contribution in [0, 0.1) is 6.92 Å². The Morgan fingerprint density at radius 1 is 1.08 bits per heavy atom. The van der Waals surface area contributed by atoms with Gasteiger partial charge in [-0.2, -0.15) is 0 Å². The predicted molar refractivity (Wildman–Crippen MR) is 98.8 cm³/mol. The van der Waals surface area contributed by atoms with E-state index in [9.17, 15) is 4.79 Å². The van der Waals surface area contributed by atoms with Crippen molar-refractivity contribution >= 4 is 16.7 Å². The largest absolute Gasteiger partial charge is 0.489 e. The summed E-state index contributed by atoms with van der Waals surface area (Å²) >= 11 is 0. The summed E-state index contributed by atoms with van der Waals surface area (Å²) in [6.45, 7) is 2.57. The number of ether oxygens (including phenoxy) is 1. The number of carboxylic acids is 1. The average molecular weight is 335 g/mol. The molecule has 0 saturated heterocycles. The van der Waals surface area contributed by atoms with Gasteiger partial charge in [-0.15, -0.1) is 0 Å². The molecule has 0 aliphatic rings. The molecule has 0 radical (unpaired) electrons. The van der Waals surface area contributed by atoms with Crippen molar-refractivity contribution in [2.45, 2.75) is 26.0 Å². The van der Waals surface area contributed by atoms with E-state index in [0.29, 0.717) is 13.0 Å². The maximum absolute atomic E-state index is 10.8. The van der Waals surface area contributed by atoms with Crippen LogP contribution in [0.5, 0.6) is 5.75 Å². The van der Waals surface area contributed by atoms with Gasteiger partial charge in [-0.1, -0.05) is 48.5 Å². The molecule has 3 N–H and O–H groups in total. The van der Waals surface area contributed by atoms with Crippen molar-refractivity contribution in [2.75, 3.05) is 0 Å². The van der Waals surface area contributed by atoms with E-state index in [1.807, 2.05) is 36.4 Å². The highest BCUT2D eigenvalue weighted by molar-refractivity contribution is 5.86. The fourth-order valence-corrected chi connectivity index (χ4v) is 2.86. The van der Waals surface area contributed by atoms with E-state index < -0.39 is 12.0 Å². The zero-order valence-corrected chi connectivity index (χ0v) is 14.1. The minimum atomic E-state index is -0.994. The van der Waals surface area contributed by atoms with Crippen LogP contribution in [0.3, 0.4) is 0 Å². The smallest absolute Gasteiger partial charge is 0.320 e. The van der Waals surface area contributed by atoms with Crippen LogP contribution in [0.25, 0.3) is 10.8 Å². The first-order valence-electron chi connectivity index (χ1n) is 8.22. The summed E-state index contributed by atoms with van der Waals surface area (Å²) in [7, 11) is 0. The van der Waals surface area contributed by atoms with E-state index >= 15 is 0 Å². The van der Waals surface area contributed by atoms with E-state index in [1.54, 1.807) is 0 Å². The van der Waals surface area contributed by atoms with Gasteiger partial charge in [0.05, 0.1) is 0 Å². The molecule has 0 amide bonds. The molecule has 4 nitrogen and oxygen atoms in total. The first kappa shape index (κ1) is 17.0. The molecule has 128 valence electrons. The summed E-state index contributed by atoms with van der Waals surface area (Å²) in [6, 6.07) is 19.0. The first-order chi connectivity index (χ1) is 12.0. The highest BCUT2D eigenvalue weighted by Crippen LogP contribution is 2.24. The van der Waals surface area contributed by atoms with Crippen LogP contribution in [-0.2, 0) is 17.8 Å². The Balaban J connectivity index is 1.72. The lowest BCUT2D eigenvalue weighted by Crippen LogP contribution is -2.32. The highest BCUT2D eigenvalue weighted by atomic mass is 16.5. The second kappa shape index (κ2) is 7.36.